The van der Waals surface area contributed by atoms with Crippen LogP contribution in [-0.4, -0.2) is 23.1 Å². The minimum Gasteiger partial charge on any atom is -0.424 e. The number of non-ortho nitro benzene ring substituents is 1. The maximum Gasteiger partial charge on any atom is 0.385 e. The number of nitrogens with zero attached hydrogens (tertiary/aromatic N) is 2. The van der Waals surface area contributed by atoms with Crippen LogP contribution in [0.3, 0.4) is 0 Å². The van der Waals surface area contributed by atoms with Crippen LogP contribution in [0, 0.1) is 10.1 Å². The summed E-state index contributed by atoms with van der Waals surface area (Å²) < 4.78 is 30.2. The van der Waals surface area contributed by atoms with Crippen LogP contribution >= 0.6 is 19.2 Å². The van der Waals surface area contributed by atoms with Crippen LogP contribution in [0.1, 0.15) is 30.9 Å². The predicted octanol–water partition coefficient (Wildman–Crippen LogP) is 5.33. The molecule has 0 aliphatic heterocycles. The lowest BCUT2D eigenvalue weighted by atomic mass is 10.1. The van der Waals surface area contributed by atoms with Crippen molar-refractivity contribution in [2.75, 3.05) is 18.5 Å². The van der Waals surface area contributed by atoms with Gasteiger partial charge >= 0.3 is 7.60 Å². The van der Waals surface area contributed by atoms with Crippen LogP contribution in [0.2, 0.25) is 5.02 Å². The van der Waals surface area contributed by atoms with E-state index in [-0.39, 0.29) is 42.5 Å². The lowest BCUT2D eigenvalue weighted by Gasteiger charge is -2.15. The van der Waals surface area contributed by atoms with Gasteiger partial charge in [-0.25, -0.2) is 4.98 Å². The standard InChI is InChI=1S/C21H23ClN3O6P/c1-3-29-32(28,30-4-2)21-20(23-14-16-7-5-6-8-18(16)22)31-19(24-21)13-15-9-11-17(12-10-15)25(26)27/h5-12,23H,3-4,13-14H2,1-2H3. The van der Waals surface area contributed by atoms with Crippen LogP contribution < -0.4 is 10.8 Å². The Balaban J connectivity index is 1.92. The number of rotatable bonds is 11. The Kier molecular flexibility index (Phi) is 8.04. The summed E-state index contributed by atoms with van der Waals surface area (Å²) >= 11 is 6.23. The zero-order valence-electron chi connectivity index (χ0n) is 17.6. The summed E-state index contributed by atoms with van der Waals surface area (Å²) in [6, 6.07) is 13.3. The molecule has 3 rings (SSSR count). The van der Waals surface area contributed by atoms with Crippen molar-refractivity contribution in [3.05, 3.63) is 80.7 Å². The monoisotopic (exact) mass is 479 g/mol. The van der Waals surface area contributed by atoms with Gasteiger partial charge in [-0.15, -0.1) is 0 Å². The number of hydrogen-bond donors (Lipinski definition) is 1. The Morgan fingerprint density at radius 3 is 2.38 bits per heavy atom. The highest BCUT2D eigenvalue weighted by Crippen LogP contribution is 2.48. The van der Waals surface area contributed by atoms with Gasteiger partial charge in [0.25, 0.3) is 5.69 Å². The van der Waals surface area contributed by atoms with Gasteiger partial charge in [-0.05, 0) is 31.0 Å². The number of nitro groups is 1. The van der Waals surface area contributed by atoms with Gasteiger partial charge in [-0.3, -0.25) is 14.7 Å². The van der Waals surface area contributed by atoms with Crippen LogP contribution in [0.4, 0.5) is 11.6 Å². The Morgan fingerprint density at radius 1 is 1.12 bits per heavy atom. The highest BCUT2D eigenvalue weighted by molar-refractivity contribution is 7.62. The van der Waals surface area contributed by atoms with E-state index in [1.807, 2.05) is 18.2 Å². The molecular formula is C21H23ClN3O6P. The predicted molar refractivity (Wildman–Crippen MR) is 122 cm³/mol. The minimum absolute atomic E-state index is 0.0128. The highest BCUT2D eigenvalue weighted by atomic mass is 35.5. The number of halogens is 1. The van der Waals surface area contributed by atoms with Gasteiger partial charge in [0.05, 0.1) is 18.1 Å². The smallest absolute Gasteiger partial charge is 0.385 e. The third-order valence-corrected chi connectivity index (χ3v) is 6.80. The third kappa shape index (κ3) is 5.75. The topological polar surface area (TPSA) is 117 Å². The molecule has 0 fully saturated rings. The fourth-order valence-electron chi connectivity index (χ4n) is 2.96. The van der Waals surface area contributed by atoms with Crippen LogP contribution in [0.25, 0.3) is 0 Å². The zero-order valence-corrected chi connectivity index (χ0v) is 19.3. The van der Waals surface area contributed by atoms with Crippen LogP contribution in [0.5, 0.6) is 0 Å². The molecule has 0 radical (unpaired) electrons. The van der Waals surface area contributed by atoms with Gasteiger partial charge in [0.15, 0.2) is 0 Å². The summed E-state index contributed by atoms with van der Waals surface area (Å²) in [5.74, 6) is 0.419. The second-order valence-electron chi connectivity index (χ2n) is 6.64. The minimum atomic E-state index is -3.74. The molecule has 0 spiro atoms. The molecule has 3 aromatic rings. The molecule has 0 unspecified atom stereocenters. The number of nitrogens with one attached hydrogen (secondary N) is 1. The van der Waals surface area contributed by atoms with Crippen molar-refractivity contribution in [1.29, 1.82) is 0 Å². The van der Waals surface area contributed by atoms with Gasteiger partial charge in [0.1, 0.15) is 0 Å². The summed E-state index contributed by atoms with van der Waals surface area (Å²) in [6.45, 7) is 4.04. The summed E-state index contributed by atoms with van der Waals surface area (Å²) in [5.41, 5.74) is 1.59. The highest BCUT2D eigenvalue weighted by Gasteiger charge is 2.35. The summed E-state index contributed by atoms with van der Waals surface area (Å²) in [6.07, 6.45) is 0.233. The first-order valence-electron chi connectivity index (χ1n) is 9.96. The molecule has 0 saturated heterocycles. The number of hydrogen-bond acceptors (Lipinski definition) is 8. The molecule has 9 nitrogen and oxygen atoms in total. The van der Waals surface area contributed by atoms with Crippen molar-refractivity contribution in [3.63, 3.8) is 0 Å². The van der Waals surface area contributed by atoms with Gasteiger partial charge in [0.2, 0.25) is 17.2 Å². The van der Waals surface area contributed by atoms with E-state index in [0.29, 0.717) is 11.6 Å². The number of benzene rings is 2. The van der Waals surface area contributed by atoms with Gasteiger partial charge in [-0.2, -0.15) is 0 Å². The molecule has 1 heterocycles. The summed E-state index contributed by atoms with van der Waals surface area (Å²) in [7, 11) is -3.74. The Morgan fingerprint density at radius 2 is 1.78 bits per heavy atom. The average Bonchev–Trinajstić information content (AvgIpc) is 3.17. The molecule has 32 heavy (non-hydrogen) atoms. The van der Waals surface area contributed by atoms with E-state index < -0.39 is 12.5 Å². The van der Waals surface area contributed by atoms with Crippen molar-refractivity contribution in [2.24, 2.45) is 0 Å². The van der Waals surface area contributed by atoms with E-state index in [1.165, 1.54) is 12.1 Å². The van der Waals surface area contributed by atoms with Crippen molar-refractivity contribution in [3.8, 4) is 0 Å². The van der Waals surface area contributed by atoms with Gasteiger partial charge < -0.3 is 18.8 Å². The normalized spacial score (nSPS) is 11.5. The molecule has 1 N–H and O–H groups in total. The van der Waals surface area contributed by atoms with E-state index in [0.717, 1.165) is 11.1 Å². The molecule has 0 saturated carbocycles. The van der Waals surface area contributed by atoms with E-state index in [2.05, 4.69) is 10.3 Å². The van der Waals surface area contributed by atoms with Crippen molar-refractivity contribution < 1.29 is 23.0 Å². The molecule has 0 atom stereocenters. The van der Waals surface area contributed by atoms with E-state index in [1.54, 1.807) is 32.0 Å². The first-order valence-corrected chi connectivity index (χ1v) is 11.9. The Labute approximate surface area is 190 Å². The molecule has 170 valence electrons. The Bertz CT molecular complexity index is 1110. The molecular weight excluding hydrogens is 457 g/mol. The molecule has 0 amide bonds. The molecule has 0 aliphatic rings. The lowest BCUT2D eigenvalue weighted by molar-refractivity contribution is -0.384. The van der Waals surface area contributed by atoms with Crippen molar-refractivity contribution in [2.45, 2.75) is 26.8 Å². The second-order valence-corrected chi connectivity index (χ2v) is 8.98. The maximum atomic E-state index is 13.4. The van der Waals surface area contributed by atoms with Gasteiger partial charge in [0, 0.05) is 30.1 Å². The Hall–Kier alpha value is -2.71. The van der Waals surface area contributed by atoms with Crippen molar-refractivity contribution >= 4 is 36.2 Å². The molecule has 11 heteroatoms. The fraction of sp³-hybridized carbons (Fsp3) is 0.286. The number of anilines is 1. The average molecular weight is 480 g/mol. The molecule has 2 aromatic carbocycles. The molecule has 1 aromatic heterocycles. The van der Waals surface area contributed by atoms with E-state index in [4.69, 9.17) is 25.1 Å². The molecule has 0 bridgehead atoms. The molecule has 0 aliphatic carbocycles. The summed E-state index contributed by atoms with van der Waals surface area (Å²) in [4.78, 5) is 14.8. The number of nitro benzene ring substituents is 1. The third-order valence-electron chi connectivity index (χ3n) is 4.41. The zero-order chi connectivity index (χ0) is 23.1. The fourth-order valence-corrected chi connectivity index (χ4v) is 4.77. The number of oxazole rings is 1. The van der Waals surface area contributed by atoms with E-state index in [9.17, 15) is 14.7 Å². The second kappa shape index (κ2) is 10.7. The maximum absolute atomic E-state index is 13.4. The van der Waals surface area contributed by atoms with Crippen LogP contribution in [0.15, 0.2) is 52.9 Å². The van der Waals surface area contributed by atoms with Crippen LogP contribution in [-0.2, 0) is 26.6 Å². The first-order chi connectivity index (χ1) is 15.4. The largest absolute Gasteiger partial charge is 0.424 e. The first kappa shape index (κ1) is 23.9. The quantitative estimate of drug-likeness (QED) is 0.223. The van der Waals surface area contributed by atoms with E-state index >= 15 is 0 Å². The summed E-state index contributed by atoms with van der Waals surface area (Å²) in [5, 5.41) is 14.5. The SMILES string of the molecule is CCOP(=O)(OCC)c1nc(Cc2ccc([N+](=O)[O-])cc2)oc1NCc1ccccc1Cl. The number of aromatic nitrogens is 1. The van der Waals surface area contributed by atoms with Crippen molar-refractivity contribution in [1.82, 2.24) is 4.98 Å². The van der Waals surface area contributed by atoms with Gasteiger partial charge in [-0.1, -0.05) is 41.9 Å². The lowest BCUT2D eigenvalue weighted by Crippen LogP contribution is -2.17.